The molecular weight excluding hydrogens is 401 g/mol. The zero-order chi connectivity index (χ0) is 19.7. The fourth-order valence-electron chi connectivity index (χ4n) is 2.74. The first-order valence-electron chi connectivity index (χ1n) is 8.38. The molecule has 0 atom stereocenters. The fourth-order valence-corrected chi connectivity index (χ4v) is 3.39. The average molecular weight is 415 g/mol. The van der Waals surface area contributed by atoms with Crippen molar-refractivity contribution < 1.29 is 43.9 Å². The minimum absolute atomic E-state index is 0. The number of thioether (sulfide) groups is 1. The minimum atomic E-state index is -0.515. The van der Waals surface area contributed by atoms with Crippen molar-refractivity contribution in [3.63, 3.8) is 0 Å². The summed E-state index contributed by atoms with van der Waals surface area (Å²) < 4.78 is 7.23. The van der Waals surface area contributed by atoms with Crippen LogP contribution in [0.3, 0.4) is 0 Å². The Labute approximate surface area is 192 Å². The van der Waals surface area contributed by atoms with E-state index in [1.165, 1.54) is 4.57 Å². The number of amides is 2. The standard InChI is InChI=1S/C20H15N3O4S.Na/c1-23-17(21-15-5-3-2-4-14(15)19(23)25)11-27-13-8-6-12(7-9-13)10-16-18(24)22-20(26)28-16;/h2-10H,11H2,1H3,(H,22,24,26);/q;+1/p-1/b16-10+;. The van der Waals surface area contributed by atoms with Crippen LogP contribution in [0.25, 0.3) is 22.3 Å². The number of aromatic nitrogens is 2. The van der Waals surface area contributed by atoms with Crippen LogP contribution in [0.15, 0.2) is 58.2 Å². The summed E-state index contributed by atoms with van der Waals surface area (Å²) >= 11 is 0.818. The smallest absolute Gasteiger partial charge is 0.581 e. The van der Waals surface area contributed by atoms with Crippen LogP contribution < -0.4 is 39.9 Å². The van der Waals surface area contributed by atoms with Gasteiger partial charge in [-0.3, -0.25) is 9.36 Å². The van der Waals surface area contributed by atoms with E-state index in [1.54, 1.807) is 55.6 Å². The second-order valence-corrected chi connectivity index (χ2v) is 7.05. The molecule has 0 spiro atoms. The number of rotatable bonds is 4. The number of ether oxygens (including phenoxy) is 1. The predicted octanol–water partition coefficient (Wildman–Crippen LogP) is 0.624. The summed E-state index contributed by atoms with van der Waals surface area (Å²) in [6.07, 6.45) is 1.61. The molecule has 4 rings (SSSR count). The van der Waals surface area contributed by atoms with Gasteiger partial charge in [-0.2, -0.15) is 0 Å². The van der Waals surface area contributed by atoms with Gasteiger partial charge < -0.3 is 19.6 Å². The second kappa shape index (κ2) is 8.96. The molecular formula is C20H14N3NaO4S. The molecule has 140 valence electrons. The molecule has 3 aromatic rings. The monoisotopic (exact) mass is 415 g/mol. The molecule has 7 nitrogen and oxygen atoms in total. The van der Waals surface area contributed by atoms with Gasteiger partial charge in [0.05, 0.1) is 16.8 Å². The fraction of sp³-hybridized carbons (Fsp3) is 0.100. The summed E-state index contributed by atoms with van der Waals surface area (Å²) in [5, 5.41) is 3.41. The van der Waals surface area contributed by atoms with Crippen molar-refractivity contribution in [3.8, 4) is 5.75 Å². The summed E-state index contributed by atoms with van der Waals surface area (Å²) in [7, 11) is 1.67. The molecule has 9 heteroatoms. The van der Waals surface area contributed by atoms with Gasteiger partial charge >= 0.3 is 29.6 Å². The van der Waals surface area contributed by atoms with Crippen molar-refractivity contribution in [2.24, 2.45) is 7.05 Å². The van der Waals surface area contributed by atoms with Crippen molar-refractivity contribution in [1.82, 2.24) is 9.55 Å². The van der Waals surface area contributed by atoms with Crippen molar-refractivity contribution in [2.45, 2.75) is 6.61 Å². The summed E-state index contributed by atoms with van der Waals surface area (Å²) in [6, 6.07) is 14.2. The molecule has 1 saturated heterocycles. The number of hydrogen-bond donors (Lipinski definition) is 0. The Morgan fingerprint density at radius 2 is 1.83 bits per heavy atom. The second-order valence-electron chi connectivity index (χ2n) is 6.06. The molecule has 0 saturated carbocycles. The van der Waals surface area contributed by atoms with Crippen molar-refractivity contribution >= 4 is 39.9 Å². The Balaban J connectivity index is 0.00000240. The summed E-state index contributed by atoms with van der Waals surface area (Å²) in [4.78, 5) is 39.9. The first-order valence-corrected chi connectivity index (χ1v) is 9.20. The molecule has 2 heterocycles. The molecule has 0 unspecified atom stereocenters. The van der Waals surface area contributed by atoms with Gasteiger partial charge in [0, 0.05) is 12.0 Å². The maximum atomic E-state index is 12.4. The van der Waals surface area contributed by atoms with E-state index in [0.717, 1.165) is 17.3 Å². The first-order chi connectivity index (χ1) is 13.5. The molecule has 1 aliphatic rings. The molecule has 1 aromatic heterocycles. The molecule has 29 heavy (non-hydrogen) atoms. The van der Waals surface area contributed by atoms with Gasteiger partial charge in [0.1, 0.15) is 23.4 Å². The molecule has 2 amide bonds. The van der Waals surface area contributed by atoms with E-state index >= 15 is 0 Å². The van der Waals surface area contributed by atoms with Gasteiger partial charge in [-0.15, -0.1) is 0 Å². The topological polar surface area (TPSA) is 92.4 Å². The van der Waals surface area contributed by atoms with Gasteiger partial charge in [0.2, 0.25) is 0 Å². The Morgan fingerprint density at radius 1 is 1.10 bits per heavy atom. The Morgan fingerprint density at radius 3 is 2.52 bits per heavy atom. The van der Waals surface area contributed by atoms with Crippen molar-refractivity contribution in [1.29, 1.82) is 0 Å². The predicted molar refractivity (Wildman–Crippen MR) is 107 cm³/mol. The van der Waals surface area contributed by atoms with Crippen LogP contribution in [0.5, 0.6) is 5.75 Å². The SMILES string of the molecule is Cn1c(COc2ccc(/C=C3/SC(=O)[N-]C3=O)cc2)nc2ccccc2c1=O.[Na+]. The number of fused-ring (bicyclic) bond motifs is 1. The molecule has 2 aromatic carbocycles. The Bertz CT molecular complexity index is 1190. The minimum Gasteiger partial charge on any atom is -0.581 e. The number of benzene rings is 2. The van der Waals surface area contributed by atoms with E-state index in [1.807, 2.05) is 6.07 Å². The van der Waals surface area contributed by atoms with Crippen molar-refractivity contribution in [2.75, 3.05) is 0 Å². The van der Waals surface area contributed by atoms with E-state index in [2.05, 4.69) is 10.3 Å². The molecule has 0 N–H and O–H groups in total. The van der Waals surface area contributed by atoms with Gasteiger partial charge in [-0.25, -0.2) is 4.98 Å². The van der Waals surface area contributed by atoms with Crippen LogP contribution in [-0.2, 0) is 18.4 Å². The van der Waals surface area contributed by atoms with Crippen LogP contribution in [0.1, 0.15) is 11.4 Å². The largest absolute Gasteiger partial charge is 1.00 e. The van der Waals surface area contributed by atoms with Crippen molar-refractivity contribution in [3.05, 3.63) is 80.5 Å². The van der Waals surface area contributed by atoms with Gasteiger partial charge in [-0.05, 0) is 35.9 Å². The zero-order valence-electron chi connectivity index (χ0n) is 15.8. The Hall–Kier alpha value is -2.39. The third-order valence-corrected chi connectivity index (χ3v) is 5.00. The van der Waals surface area contributed by atoms with E-state index < -0.39 is 11.1 Å². The molecule has 1 aliphatic heterocycles. The molecule has 0 aliphatic carbocycles. The summed E-state index contributed by atoms with van der Waals surface area (Å²) in [5.74, 6) is 0.595. The van der Waals surface area contributed by atoms with Crippen LogP contribution in [0.4, 0.5) is 4.79 Å². The van der Waals surface area contributed by atoms with Crippen LogP contribution in [0, 0.1) is 0 Å². The summed E-state index contributed by atoms with van der Waals surface area (Å²) in [5.41, 5.74) is 1.26. The first kappa shape index (κ1) is 21.3. The van der Waals surface area contributed by atoms with E-state index in [0.29, 0.717) is 27.4 Å². The van der Waals surface area contributed by atoms with Gasteiger partial charge in [0.25, 0.3) is 5.56 Å². The van der Waals surface area contributed by atoms with Crippen LogP contribution in [-0.4, -0.2) is 20.7 Å². The van der Waals surface area contributed by atoms with E-state index in [4.69, 9.17) is 4.74 Å². The van der Waals surface area contributed by atoms with Crippen LogP contribution in [0.2, 0.25) is 0 Å². The average Bonchev–Trinajstić information content (AvgIpc) is 3.01. The van der Waals surface area contributed by atoms with E-state index in [-0.39, 0.29) is 41.7 Å². The number of imide groups is 1. The van der Waals surface area contributed by atoms with Crippen LogP contribution >= 0.6 is 11.8 Å². The quantitative estimate of drug-likeness (QED) is 0.458. The normalized spacial score (nSPS) is 14.7. The zero-order valence-corrected chi connectivity index (χ0v) is 18.6. The van der Waals surface area contributed by atoms with E-state index in [9.17, 15) is 14.4 Å². The molecule has 0 radical (unpaired) electrons. The summed E-state index contributed by atoms with van der Waals surface area (Å²) in [6.45, 7) is 0.138. The third kappa shape index (κ3) is 4.62. The number of carbonyl (C=O) groups excluding carboxylic acids is 2. The number of carbonyl (C=O) groups is 2. The van der Waals surface area contributed by atoms with Gasteiger partial charge in [0.15, 0.2) is 0 Å². The molecule has 1 fully saturated rings. The molecule has 0 bridgehead atoms. The third-order valence-electron chi connectivity index (χ3n) is 4.22. The number of hydrogen-bond acceptors (Lipinski definition) is 6. The Kier molecular flexibility index (Phi) is 6.59. The number of nitrogens with zero attached hydrogens (tertiary/aromatic N) is 3. The number of para-hydroxylation sites is 1. The van der Waals surface area contributed by atoms with Gasteiger partial charge in [-0.1, -0.05) is 36.0 Å². The maximum Gasteiger partial charge on any atom is 1.00 e. The maximum absolute atomic E-state index is 12.4.